The highest BCUT2D eigenvalue weighted by Crippen LogP contribution is 2.30. The molecule has 0 aliphatic heterocycles. The summed E-state index contributed by atoms with van der Waals surface area (Å²) < 4.78 is 1.17. The van der Waals surface area contributed by atoms with Crippen molar-refractivity contribution in [1.29, 1.82) is 0 Å². The monoisotopic (exact) mass is 360 g/mol. The van der Waals surface area contributed by atoms with Gasteiger partial charge in [0.1, 0.15) is 5.01 Å². The molecular weight excluding hydrogens is 344 g/mol. The molecule has 4 aromatic rings. The van der Waals surface area contributed by atoms with Gasteiger partial charge >= 0.3 is 6.03 Å². The second kappa shape index (κ2) is 7.33. The van der Waals surface area contributed by atoms with Gasteiger partial charge in [-0.05, 0) is 54.1 Å². The first-order valence-corrected chi connectivity index (χ1v) is 8.99. The number of nitrogens with zero attached hydrogens (tertiary/aromatic N) is 2. The molecule has 2 amide bonds. The molecule has 0 spiro atoms. The third-order valence-corrected chi connectivity index (χ3v) is 4.97. The van der Waals surface area contributed by atoms with Gasteiger partial charge in [0, 0.05) is 30.2 Å². The second-order valence-corrected chi connectivity index (χ2v) is 6.76. The lowest BCUT2D eigenvalue weighted by molar-refractivity contribution is 0.251. The standard InChI is InChI=1S/C20H16N4OS/c25-20(22-13-14-9-11-21-12-10-14)23-16-7-5-15(6-8-16)19-24-17-3-1-2-4-18(17)26-19/h1-12H,13H2,(H2,22,23,25). The Kier molecular flexibility index (Phi) is 4.57. The van der Waals surface area contributed by atoms with Crippen LogP contribution in [0.1, 0.15) is 5.56 Å². The van der Waals surface area contributed by atoms with Crippen LogP contribution in [0.25, 0.3) is 20.8 Å². The Hall–Kier alpha value is -3.25. The highest BCUT2D eigenvalue weighted by atomic mass is 32.1. The van der Waals surface area contributed by atoms with E-state index in [1.165, 1.54) is 4.70 Å². The molecular formula is C20H16N4OS. The summed E-state index contributed by atoms with van der Waals surface area (Å²) in [5.41, 5.74) is 3.78. The number of aromatic nitrogens is 2. The number of benzene rings is 2. The molecule has 0 unspecified atom stereocenters. The first-order chi connectivity index (χ1) is 12.8. The van der Waals surface area contributed by atoms with Crippen molar-refractivity contribution in [1.82, 2.24) is 15.3 Å². The SMILES string of the molecule is O=C(NCc1ccncc1)Nc1ccc(-c2nc3ccccc3s2)cc1. The highest BCUT2D eigenvalue weighted by Gasteiger charge is 2.07. The number of nitrogens with one attached hydrogen (secondary N) is 2. The Bertz CT molecular complexity index is 996. The van der Waals surface area contributed by atoms with Gasteiger partial charge in [-0.25, -0.2) is 9.78 Å². The fourth-order valence-corrected chi connectivity index (χ4v) is 3.52. The van der Waals surface area contributed by atoms with Crippen LogP contribution in [0.5, 0.6) is 0 Å². The number of pyridine rings is 1. The van der Waals surface area contributed by atoms with Gasteiger partial charge < -0.3 is 10.6 Å². The van der Waals surface area contributed by atoms with E-state index in [1.54, 1.807) is 23.7 Å². The Morgan fingerprint density at radius 1 is 0.962 bits per heavy atom. The molecule has 0 saturated carbocycles. The molecule has 0 saturated heterocycles. The topological polar surface area (TPSA) is 66.9 Å². The van der Waals surface area contributed by atoms with Gasteiger partial charge in [-0.15, -0.1) is 11.3 Å². The van der Waals surface area contributed by atoms with Crippen molar-refractivity contribution in [3.63, 3.8) is 0 Å². The van der Waals surface area contributed by atoms with Crippen molar-refractivity contribution in [2.75, 3.05) is 5.32 Å². The minimum Gasteiger partial charge on any atom is -0.334 e. The summed E-state index contributed by atoms with van der Waals surface area (Å²) >= 11 is 1.66. The molecule has 0 aliphatic carbocycles. The predicted molar refractivity (Wildman–Crippen MR) is 105 cm³/mol. The number of thiazole rings is 1. The fourth-order valence-electron chi connectivity index (χ4n) is 2.55. The maximum absolute atomic E-state index is 12.0. The van der Waals surface area contributed by atoms with Gasteiger partial charge in [0.2, 0.25) is 0 Å². The van der Waals surface area contributed by atoms with Crippen LogP contribution < -0.4 is 10.6 Å². The smallest absolute Gasteiger partial charge is 0.319 e. The molecule has 0 atom stereocenters. The summed E-state index contributed by atoms with van der Waals surface area (Å²) in [6.45, 7) is 0.456. The maximum atomic E-state index is 12.0. The van der Waals surface area contributed by atoms with Crippen molar-refractivity contribution in [2.24, 2.45) is 0 Å². The first-order valence-electron chi connectivity index (χ1n) is 8.18. The van der Waals surface area contributed by atoms with E-state index in [2.05, 4.69) is 26.7 Å². The third-order valence-electron chi connectivity index (χ3n) is 3.89. The lowest BCUT2D eigenvalue weighted by Gasteiger charge is -2.08. The zero-order valence-electron chi connectivity index (χ0n) is 13.8. The van der Waals surface area contributed by atoms with E-state index in [4.69, 9.17) is 0 Å². The maximum Gasteiger partial charge on any atom is 0.319 e. The molecule has 128 valence electrons. The Morgan fingerprint density at radius 2 is 1.73 bits per heavy atom. The summed E-state index contributed by atoms with van der Waals surface area (Å²) in [4.78, 5) is 20.6. The van der Waals surface area contributed by atoms with E-state index in [-0.39, 0.29) is 6.03 Å². The minimum atomic E-state index is -0.241. The first kappa shape index (κ1) is 16.2. The van der Waals surface area contributed by atoms with E-state index < -0.39 is 0 Å². The molecule has 0 aliphatic rings. The van der Waals surface area contributed by atoms with Crippen LogP contribution in [0.15, 0.2) is 73.1 Å². The summed E-state index contributed by atoms with van der Waals surface area (Å²) in [6, 6.07) is 19.3. The van der Waals surface area contributed by atoms with Crippen molar-refractivity contribution in [3.05, 3.63) is 78.6 Å². The molecule has 26 heavy (non-hydrogen) atoms. The lowest BCUT2D eigenvalue weighted by atomic mass is 10.2. The molecule has 2 aromatic carbocycles. The minimum absolute atomic E-state index is 0.241. The Labute approximate surface area is 154 Å². The number of para-hydroxylation sites is 1. The number of fused-ring (bicyclic) bond motifs is 1. The largest absolute Gasteiger partial charge is 0.334 e. The number of hydrogen-bond donors (Lipinski definition) is 2. The summed E-state index contributed by atoms with van der Waals surface area (Å²) in [7, 11) is 0. The normalized spacial score (nSPS) is 10.6. The average molecular weight is 360 g/mol. The van der Waals surface area contributed by atoms with Crippen LogP contribution in [-0.4, -0.2) is 16.0 Å². The summed E-state index contributed by atoms with van der Waals surface area (Å²) in [6.07, 6.45) is 3.41. The van der Waals surface area contributed by atoms with Crippen molar-refractivity contribution in [3.8, 4) is 10.6 Å². The zero-order chi connectivity index (χ0) is 17.8. The van der Waals surface area contributed by atoms with Gasteiger partial charge in [0.05, 0.1) is 10.2 Å². The van der Waals surface area contributed by atoms with Gasteiger partial charge in [-0.1, -0.05) is 12.1 Å². The number of anilines is 1. The number of hydrogen-bond acceptors (Lipinski definition) is 4. The molecule has 2 heterocycles. The molecule has 2 N–H and O–H groups in total. The van der Waals surface area contributed by atoms with Crippen LogP contribution in [0, 0.1) is 0 Å². The highest BCUT2D eigenvalue weighted by molar-refractivity contribution is 7.21. The van der Waals surface area contributed by atoms with Crippen molar-refractivity contribution >= 4 is 33.3 Å². The van der Waals surface area contributed by atoms with Crippen LogP contribution in [-0.2, 0) is 6.54 Å². The molecule has 2 aromatic heterocycles. The van der Waals surface area contributed by atoms with Gasteiger partial charge in [-0.2, -0.15) is 0 Å². The van der Waals surface area contributed by atoms with Crippen LogP contribution in [0.3, 0.4) is 0 Å². The van der Waals surface area contributed by atoms with Gasteiger partial charge in [0.15, 0.2) is 0 Å². The van der Waals surface area contributed by atoms with Crippen LogP contribution >= 0.6 is 11.3 Å². The summed E-state index contributed by atoms with van der Waals surface area (Å²) in [5.74, 6) is 0. The molecule has 0 bridgehead atoms. The summed E-state index contributed by atoms with van der Waals surface area (Å²) in [5, 5.41) is 6.63. The van der Waals surface area contributed by atoms with Crippen LogP contribution in [0.4, 0.5) is 10.5 Å². The molecule has 0 radical (unpaired) electrons. The van der Waals surface area contributed by atoms with Gasteiger partial charge in [0.25, 0.3) is 0 Å². The Balaban J connectivity index is 1.40. The molecule has 0 fully saturated rings. The van der Waals surface area contributed by atoms with E-state index in [9.17, 15) is 4.79 Å². The number of carbonyl (C=O) groups is 1. The van der Waals surface area contributed by atoms with Crippen molar-refractivity contribution in [2.45, 2.75) is 6.54 Å². The van der Waals surface area contributed by atoms with E-state index in [1.807, 2.05) is 54.6 Å². The number of urea groups is 1. The number of rotatable bonds is 4. The zero-order valence-corrected chi connectivity index (χ0v) is 14.7. The Morgan fingerprint density at radius 3 is 2.50 bits per heavy atom. The number of amides is 2. The predicted octanol–water partition coefficient (Wildman–Crippen LogP) is 4.68. The number of carbonyl (C=O) groups excluding carboxylic acids is 1. The van der Waals surface area contributed by atoms with Crippen LogP contribution in [0.2, 0.25) is 0 Å². The second-order valence-electron chi connectivity index (χ2n) is 5.73. The van der Waals surface area contributed by atoms with Crippen molar-refractivity contribution < 1.29 is 4.79 Å². The fraction of sp³-hybridized carbons (Fsp3) is 0.0500. The third kappa shape index (κ3) is 3.70. The quantitative estimate of drug-likeness (QED) is 0.555. The average Bonchev–Trinajstić information content (AvgIpc) is 3.12. The van der Waals surface area contributed by atoms with Gasteiger partial charge in [-0.3, -0.25) is 4.98 Å². The van der Waals surface area contributed by atoms with E-state index >= 15 is 0 Å². The van der Waals surface area contributed by atoms with E-state index in [0.717, 1.165) is 27.3 Å². The van der Waals surface area contributed by atoms with E-state index in [0.29, 0.717) is 6.54 Å². The molecule has 6 heteroatoms. The lowest BCUT2D eigenvalue weighted by Crippen LogP contribution is -2.28. The molecule has 5 nitrogen and oxygen atoms in total. The molecule has 4 rings (SSSR count).